The van der Waals surface area contributed by atoms with Gasteiger partial charge in [0, 0.05) is 0 Å². The highest BCUT2D eigenvalue weighted by molar-refractivity contribution is 7.73. The molecule has 4 aromatic rings. The summed E-state index contributed by atoms with van der Waals surface area (Å²) < 4.78 is 0. The lowest BCUT2D eigenvalue weighted by atomic mass is 9.93. The van der Waals surface area contributed by atoms with E-state index in [1.807, 2.05) is 0 Å². The van der Waals surface area contributed by atoms with E-state index in [4.69, 9.17) is 0 Å². The predicted octanol–water partition coefficient (Wildman–Crippen LogP) is 6.67. The zero-order valence-corrected chi connectivity index (χ0v) is 20.9. The fourth-order valence-corrected chi connectivity index (χ4v) is 9.54. The van der Waals surface area contributed by atoms with Gasteiger partial charge in [0.15, 0.2) is 0 Å². The summed E-state index contributed by atoms with van der Waals surface area (Å²) in [6.07, 6.45) is 3.66. The Kier molecular flexibility index (Phi) is 7.91. The van der Waals surface area contributed by atoms with Gasteiger partial charge < -0.3 is 0 Å². The molecule has 0 amide bonds. The maximum atomic E-state index is 2.47. The molecule has 0 aliphatic rings. The van der Waals surface area contributed by atoms with Crippen molar-refractivity contribution in [1.29, 1.82) is 0 Å². The monoisotopic (exact) mass is 454 g/mol. The Morgan fingerprint density at radius 3 is 1.12 bits per heavy atom. The molecule has 32 heavy (non-hydrogen) atoms. The first-order valence-corrected chi connectivity index (χ1v) is 14.4. The third-order valence-corrected chi connectivity index (χ3v) is 11.4. The van der Waals surface area contributed by atoms with E-state index in [9.17, 15) is 0 Å². The van der Waals surface area contributed by atoms with Gasteiger partial charge in [-0.2, -0.15) is 0 Å². The van der Waals surface area contributed by atoms with Crippen LogP contribution in [0.2, 0.25) is 0 Å². The zero-order chi connectivity index (χ0) is 22.2. The van der Waals surface area contributed by atoms with E-state index in [1.165, 1.54) is 40.0 Å². The molecule has 0 spiro atoms. The van der Waals surface area contributed by atoms with Gasteiger partial charge >= 0.3 is 0 Å². The molecule has 4 rings (SSSR count). The van der Waals surface area contributed by atoms with Crippen molar-refractivity contribution in [2.24, 2.45) is 5.41 Å². The second kappa shape index (κ2) is 11.0. The molecule has 0 saturated heterocycles. The minimum atomic E-state index is -0.371. The molecule has 0 unspecified atom stereocenters. The van der Waals surface area contributed by atoms with Gasteiger partial charge in [0.1, 0.15) is 0 Å². The topological polar surface area (TPSA) is 0 Å². The summed E-state index contributed by atoms with van der Waals surface area (Å²) in [5, 5.41) is 5.93. The van der Waals surface area contributed by atoms with Crippen LogP contribution in [0.4, 0.5) is 0 Å². The summed E-state index contributed by atoms with van der Waals surface area (Å²) >= 11 is 0. The van der Waals surface area contributed by atoms with Gasteiger partial charge in [-0.05, 0) is 61.2 Å². The number of benzene rings is 4. The van der Waals surface area contributed by atoms with Crippen LogP contribution >= 0.6 is 15.8 Å². The molecule has 0 radical (unpaired) electrons. The quantitative estimate of drug-likeness (QED) is 0.248. The van der Waals surface area contributed by atoms with E-state index < -0.39 is 0 Å². The van der Waals surface area contributed by atoms with Crippen molar-refractivity contribution in [3.63, 3.8) is 0 Å². The maximum Gasteiger partial charge on any atom is -0.0193 e. The van der Waals surface area contributed by atoms with Crippen molar-refractivity contribution in [2.45, 2.75) is 20.3 Å². The largest absolute Gasteiger partial charge is 0.0622 e. The second-order valence-electron chi connectivity index (χ2n) is 8.99. The lowest BCUT2D eigenvalue weighted by molar-refractivity contribution is 0.409. The van der Waals surface area contributed by atoms with Gasteiger partial charge in [-0.3, -0.25) is 0 Å². The van der Waals surface area contributed by atoms with E-state index in [1.54, 1.807) is 0 Å². The fraction of sp³-hybridized carbons (Fsp3) is 0.200. The molecular formula is C30H32P2. The van der Waals surface area contributed by atoms with Crippen LogP contribution in [0.5, 0.6) is 0 Å². The van der Waals surface area contributed by atoms with Crippen LogP contribution in [-0.2, 0) is 0 Å². The molecular weight excluding hydrogens is 422 g/mol. The van der Waals surface area contributed by atoms with Crippen LogP contribution in [0.1, 0.15) is 20.3 Å². The molecule has 0 bridgehead atoms. The Labute approximate surface area is 196 Å². The molecule has 0 aromatic heterocycles. The molecule has 0 saturated carbocycles. The number of rotatable bonds is 9. The van der Waals surface area contributed by atoms with Crippen molar-refractivity contribution in [3.8, 4) is 0 Å². The summed E-state index contributed by atoms with van der Waals surface area (Å²) in [4.78, 5) is 0. The fourth-order valence-electron chi connectivity index (χ4n) is 4.09. The Morgan fingerprint density at radius 2 is 0.781 bits per heavy atom. The Bertz CT molecular complexity index is 982. The van der Waals surface area contributed by atoms with Gasteiger partial charge in [0.25, 0.3) is 0 Å². The highest BCUT2D eigenvalue weighted by Gasteiger charge is 2.27. The summed E-state index contributed by atoms with van der Waals surface area (Å²) in [6.45, 7) is 4.94. The maximum absolute atomic E-state index is 2.47. The molecule has 2 heteroatoms. The Balaban J connectivity index is 1.55. The molecule has 0 atom stereocenters. The standard InChI is InChI=1S/C30H32P2/c1-30(2,25-32(28-19-11-5-12-20-28)29-21-13-6-14-22-29)23-24-31(26-15-7-3-8-16-26)27-17-9-4-10-18-27/h3-22H,23-25H2,1-2H3. The highest BCUT2D eigenvalue weighted by Crippen LogP contribution is 2.44. The third-order valence-electron chi connectivity index (χ3n) is 5.87. The zero-order valence-electron chi connectivity index (χ0n) is 19.1. The normalized spacial score (nSPS) is 11.8. The summed E-state index contributed by atoms with van der Waals surface area (Å²) in [5.41, 5.74) is 0.265. The smallest absolute Gasteiger partial charge is 0.0193 e. The lowest BCUT2D eigenvalue weighted by Gasteiger charge is -2.32. The molecule has 0 aliphatic heterocycles. The van der Waals surface area contributed by atoms with Crippen molar-refractivity contribution in [3.05, 3.63) is 121 Å². The van der Waals surface area contributed by atoms with Crippen LogP contribution in [0.25, 0.3) is 0 Å². The molecule has 0 N–H and O–H groups in total. The molecule has 162 valence electrons. The van der Waals surface area contributed by atoms with Crippen LogP contribution < -0.4 is 21.2 Å². The van der Waals surface area contributed by atoms with Gasteiger partial charge in [-0.1, -0.05) is 135 Å². The Morgan fingerprint density at radius 1 is 0.469 bits per heavy atom. The number of hydrogen-bond donors (Lipinski definition) is 0. The van der Waals surface area contributed by atoms with Crippen LogP contribution in [0.15, 0.2) is 121 Å². The average molecular weight is 455 g/mol. The molecule has 0 heterocycles. The van der Waals surface area contributed by atoms with E-state index in [-0.39, 0.29) is 21.3 Å². The van der Waals surface area contributed by atoms with E-state index in [0.717, 1.165) is 0 Å². The highest BCUT2D eigenvalue weighted by atomic mass is 31.1. The van der Waals surface area contributed by atoms with Crippen LogP contribution in [0, 0.1) is 5.41 Å². The lowest BCUT2D eigenvalue weighted by Crippen LogP contribution is -2.26. The predicted molar refractivity (Wildman–Crippen MR) is 146 cm³/mol. The number of hydrogen-bond acceptors (Lipinski definition) is 0. The van der Waals surface area contributed by atoms with E-state index >= 15 is 0 Å². The Hall–Kier alpha value is -2.26. The van der Waals surface area contributed by atoms with Crippen molar-refractivity contribution in [1.82, 2.24) is 0 Å². The first kappa shape index (κ1) is 22.9. The van der Waals surface area contributed by atoms with Gasteiger partial charge in [-0.25, -0.2) is 0 Å². The molecule has 0 fully saturated rings. The SMILES string of the molecule is CC(C)(CCP(c1ccccc1)c1ccccc1)CP(c1ccccc1)c1ccccc1. The summed E-state index contributed by atoms with van der Waals surface area (Å²) in [5.74, 6) is 0. The summed E-state index contributed by atoms with van der Waals surface area (Å²) in [6, 6.07) is 44.5. The first-order valence-electron chi connectivity index (χ1n) is 11.4. The van der Waals surface area contributed by atoms with Gasteiger partial charge in [-0.15, -0.1) is 0 Å². The molecule has 0 nitrogen and oxygen atoms in total. The minimum absolute atomic E-state index is 0.265. The van der Waals surface area contributed by atoms with Gasteiger partial charge in [0.2, 0.25) is 0 Å². The summed E-state index contributed by atoms with van der Waals surface area (Å²) in [7, 11) is -0.713. The van der Waals surface area contributed by atoms with Gasteiger partial charge in [0.05, 0.1) is 0 Å². The molecule has 0 aliphatic carbocycles. The first-order chi connectivity index (χ1) is 15.6. The van der Waals surface area contributed by atoms with Crippen molar-refractivity contribution in [2.75, 3.05) is 12.3 Å². The third kappa shape index (κ3) is 6.16. The molecule has 4 aromatic carbocycles. The minimum Gasteiger partial charge on any atom is -0.0622 e. The second-order valence-corrected chi connectivity index (χ2v) is 13.5. The van der Waals surface area contributed by atoms with Crippen LogP contribution in [-0.4, -0.2) is 12.3 Å². The van der Waals surface area contributed by atoms with Crippen molar-refractivity contribution >= 4 is 37.1 Å². The van der Waals surface area contributed by atoms with Crippen LogP contribution in [0.3, 0.4) is 0 Å². The average Bonchev–Trinajstić information content (AvgIpc) is 2.85. The van der Waals surface area contributed by atoms with E-state index in [0.29, 0.717) is 0 Å². The van der Waals surface area contributed by atoms with Crippen molar-refractivity contribution < 1.29 is 0 Å². The van der Waals surface area contributed by atoms with E-state index in [2.05, 4.69) is 135 Å².